The lowest BCUT2D eigenvalue weighted by molar-refractivity contribution is -0.385. The van der Waals surface area contributed by atoms with Gasteiger partial charge in [0.1, 0.15) is 19.0 Å². The van der Waals surface area contributed by atoms with Crippen molar-refractivity contribution in [3.8, 4) is 11.5 Å². The Morgan fingerprint density at radius 3 is 2.55 bits per heavy atom. The number of carbonyl (C=O) groups excluding carboxylic acids is 1. The first-order valence-electron chi connectivity index (χ1n) is 8.58. The normalized spacial score (nSPS) is 16.0. The highest BCUT2D eigenvalue weighted by atomic mass is 32.2. The van der Waals surface area contributed by atoms with Gasteiger partial charge in [0.15, 0.2) is 11.5 Å². The van der Waals surface area contributed by atoms with Crippen LogP contribution in [0.5, 0.6) is 11.5 Å². The van der Waals surface area contributed by atoms with Crippen LogP contribution >= 0.6 is 0 Å². The Morgan fingerprint density at radius 1 is 1.21 bits per heavy atom. The van der Waals surface area contributed by atoms with Crippen molar-refractivity contribution in [2.75, 3.05) is 6.61 Å². The molecule has 152 valence electrons. The number of hydrogen-bond acceptors (Lipinski definition) is 7. The zero-order chi connectivity index (χ0) is 21.0. The molecule has 0 unspecified atom stereocenters. The van der Waals surface area contributed by atoms with Crippen LogP contribution in [0.3, 0.4) is 0 Å². The summed E-state index contributed by atoms with van der Waals surface area (Å²) >= 11 is 0. The van der Waals surface area contributed by atoms with Crippen molar-refractivity contribution in [2.45, 2.75) is 23.8 Å². The van der Waals surface area contributed by atoms with Crippen LogP contribution in [0, 0.1) is 10.1 Å². The summed E-state index contributed by atoms with van der Waals surface area (Å²) < 4.78 is 42.8. The summed E-state index contributed by atoms with van der Waals surface area (Å²) in [7, 11) is -4.24. The van der Waals surface area contributed by atoms with E-state index in [2.05, 4.69) is 0 Å². The zero-order valence-corrected chi connectivity index (χ0v) is 15.9. The Labute approximate surface area is 166 Å². The predicted octanol–water partition coefficient (Wildman–Crippen LogP) is 2.83. The minimum atomic E-state index is -4.24. The number of carbonyl (C=O) groups is 1. The number of fused-ring (bicyclic) bond motifs is 1. The van der Waals surface area contributed by atoms with Crippen LogP contribution in [0.1, 0.15) is 17.5 Å². The number of aldehydes is 1. The van der Waals surface area contributed by atoms with Crippen LogP contribution in [0.2, 0.25) is 0 Å². The molecule has 2 aromatic rings. The number of hydrogen-bond donors (Lipinski definition) is 1. The van der Waals surface area contributed by atoms with Gasteiger partial charge in [-0.25, -0.2) is 0 Å². The maximum Gasteiger partial charge on any atom is 0.294 e. The molecule has 0 radical (unpaired) electrons. The molecule has 1 N–H and O–H groups in total. The molecule has 0 bridgehead atoms. The number of nitro benzene ring substituents is 1. The van der Waals surface area contributed by atoms with Gasteiger partial charge in [-0.2, -0.15) is 8.42 Å². The third kappa shape index (κ3) is 4.79. The van der Waals surface area contributed by atoms with E-state index in [1.54, 1.807) is 12.1 Å². The van der Waals surface area contributed by atoms with Gasteiger partial charge in [-0.1, -0.05) is 12.1 Å². The molecule has 0 amide bonds. The van der Waals surface area contributed by atoms with E-state index in [9.17, 15) is 23.3 Å². The second kappa shape index (κ2) is 8.41. The molecule has 0 aliphatic carbocycles. The van der Waals surface area contributed by atoms with E-state index < -0.39 is 21.1 Å². The molecule has 1 heterocycles. The minimum Gasteiger partial charge on any atom is -0.486 e. The van der Waals surface area contributed by atoms with Gasteiger partial charge in [0, 0.05) is 6.07 Å². The lowest BCUT2D eigenvalue weighted by Gasteiger charge is -2.27. The third-order valence-electron chi connectivity index (χ3n) is 4.36. The molecule has 0 fully saturated rings. The summed E-state index contributed by atoms with van der Waals surface area (Å²) in [5, 5.41) is 11.3. The quantitative estimate of drug-likeness (QED) is 0.238. The van der Waals surface area contributed by atoms with Gasteiger partial charge >= 0.3 is 0 Å². The fraction of sp³-hybridized carbons (Fsp3) is 0.211. The Hall–Kier alpha value is -3.24. The van der Waals surface area contributed by atoms with Crippen molar-refractivity contribution in [3.05, 3.63) is 63.7 Å². The van der Waals surface area contributed by atoms with Gasteiger partial charge in [0.05, 0.1) is 15.4 Å². The summed E-state index contributed by atoms with van der Waals surface area (Å²) in [5.74, 6) is 0.560. The first kappa shape index (κ1) is 20.5. The van der Waals surface area contributed by atoms with Gasteiger partial charge < -0.3 is 9.47 Å². The van der Waals surface area contributed by atoms with Crippen molar-refractivity contribution in [1.82, 2.24) is 0 Å². The van der Waals surface area contributed by atoms with Crippen LogP contribution in [0.25, 0.3) is 6.08 Å². The number of benzene rings is 2. The summed E-state index contributed by atoms with van der Waals surface area (Å²) in [6.45, 7) is 0.241. The maximum absolute atomic E-state index is 11.3. The summed E-state index contributed by atoms with van der Waals surface area (Å²) in [6.07, 6.45) is 3.61. The number of nitrogens with zero attached hydrogens (tertiary/aromatic N) is 1. The van der Waals surface area contributed by atoms with Gasteiger partial charge in [-0.05, 0) is 48.8 Å². The van der Waals surface area contributed by atoms with Gasteiger partial charge in [-0.3, -0.25) is 19.5 Å². The van der Waals surface area contributed by atoms with Crippen molar-refractivity contribution >= 4 is 28.2 Å². The summed E-state index contributed by atoms with van der Waals surface area (Å²) in [4.78, 5) is 21.2. The monoisotopic (exact) mass is 419 g/mol. The Balaban J connectivity index is 1.76. The molecule has 29 heavy (non-hydrogen) atoms. The van der Waals surface area contributed by atoms with E-state index in [0.29, 0.717) is 24.9 Å². The van der Waals surface area contributed by atoms with Crippen LogP contribution in [0.15, 0.2) is 47.4 Å². The SMILES string of the molecule is O=CC=Cc1c([N+](=O)[O-])ccc2c1O[C@H](CCc1ccc(S(=O)(=O)O)cc1)CO2. The Morgan fingerprint density at radius 2 is 1.93 bits per heavy atom. The lowest BCUT2D eigenvalue weighted by Crippen LogP contribution is -2.30. The van der Waals surface area contributed by atoms with Crippen molar-refractivity contribution in [1.29, 1.82) is 0 Å². The second-order valence-corrected chi connectivity index (χ2v) is 7.71. The fourth-order valence-corrected chi connectivity index (χ4v) is 3.42. The molecule has 0 aromatic heterocycles. The molecule has 0 saturated heterocycles. The molecule has 9 nitrogen and oxygen atoms in total. The van der Waals surface area contributed by atoms with E-state index in [4.69, 9.17) is 14.0 Å². The molecule has 2 aromatic carbocycles. The van der Waals surface area contributed by atoms with Gasteiger partial charge in [0.2, 0.25) is 0 Å². The molecular formula is C19H17NO8S. The van der Waals surface area contributed by atoms with E-state index in [1.165, 1.54) is 30.3 Å². The minimum absolute atomic E-state index is 0.154. The highest BCUT2D eigenvalue weighted by molar-refractivity contribution is 7.85. The Bertz CT molecular complexity index is 1060. The molecular weight excluding hydrogens is 402 g/mol. The average Bonchev–Trinajstić information content (AvgIpc) is 2.69. The molecule has 1 atom stereocenters. The van der Waals surface area contributed by atoms with E-state index in [1.807, 2.05) is 0 Å². The Kier molecular flexibility index (Phi) is 5.95. The number of rotatable bonds is 7. The van der Waals surface area contributed by atoms with E-state index >= 15 is 0 Å². The number of nitro groups is 1. The largest absolute Gasteiger partial charge is 0.486 e. The molecule has 0 saturated carbocycles. The molecule has 3 rings (SSSR count). The zero-order valence-electron chi connectivity index (χ0n) is 15.1. The molecule has 1 aliphatic rings. The highest BCUT2D eigenvalue weighted by Gasteiger charge is 2.28. The van der Waals surface area contributed by atoms with E-state index in [0.717, 1.165) is 11.6 Å². The smallest absolute Gasteiger partial charge is 0.294 e. The van der Waals surface area contributed by atoms with Crippen LogP contribution in [0.4, 0.5) is 5.69 Å². The average molecular weight is 419 g/mol. The van der Waals surface area contributed by atoms with E-state index in [-0.39, 0.29) is 28.5 Å². The van der Waals surface area contributed by atoms with Crippen LogP contribution in [-0.4, -0.2) is 36.9 Å². The van der Waals surface area contributed by atoms with Gasteiger partial charge in [0.25, 0.3) is 15.8 Å². The standard InChI is InChI=1S/C19H17NO8S/c21-11-1-2-16-17(20(22)23)9-10-18-19(16)28-14(12-27-18)6-3-13-4-7-15(8-5-13)29(24,25)26/h1-2,4-5,7-11,14H,3,6,12H2,(H,24,25,26)/t14-/m1/s1. The molecule has 10 heteroatoms. The first-order chi connectivity index (χ1) is 13.8. The first-order valence-corrected chi connectivity index (χ1v) is 10.0. The third-order valence-corrected chi connectivity index (χ3v) is 5.23. The van der Waals surface area contributed by atoms with Crippen molar-refractivity contribution < 1.29 is 32.2 Å². The second-order valence-electron chi connectivity index (χ2n) is 6.29. The molecule has 0 spiro atoms. The van der Waals surface area contributed by atoms with Crippen LogP contribution < -0.4 is 9.47 Å². The fourth-order valence-electron chi connectivity index (χ4n) is 2.94. The topological polar surface area (TPSA) is 133 Å². The number of allylic oxidation sites excluding steroid dienone is 1. The summed E-state index contributed by atoms with van der Waals surface area (Å²) in [5.41, 5.74) is 0.778. The van der Waals surface area contributed by atoms with Gasteiger partial charge in [-0.15, -0.1) is 0 Å². The lowest BCUT2D eigenvalue weighted by atomic mass is 10.1. The number of aryl methyl sites for hydroxylation is 1. The highest BCUT2D eigenvalue weighted by Crippen LogP contribution is 2.41. The van der Waals surface area contributed by atoms with Crippen LogP contribution in [-0.2, 0) is 21.3 Å². The predicted molar refractivity (Wildman–Crippen MR) is 103 cm³/mol. The maximum atomic E-state index is 11.3. The van der Waals surface area contributed by atoms with Crippen molar-refractivity contribution in [3.63, 3.8) is 0 Å². The van der Waals surface area contributed by atoms with Crippen molar-refractivity contribution in [2.24, 2.45) is 0 Å². The summed E-state index contributed by atoms with van der Waals surface area (Å²) in [6, 6.07) is 8.54. The number of ether oxygens (including phenoxy) is 2. The molecule has 1 aliphatic heterocycles.